The molecule has 11 heavy (non-hydrogen) atoms. The van der Waals surface area contributed by atoms with Gasteiger partial charge in [0, 0.05) is 13.3 Å². The van der Waals surface area contributed by atoms with Crippen molar-refractivity contribution in [2.75, 3.05) is 0 Å². The fourth-order valence-electron chi connectivity index (χ4n) is 0.619. The molecule has 60 valence electrons. The van der Waals surface area contributed by atoms with Crippen LogP contribution in [0.2, 0.25) is 0 Å². The van der Waals surface area contributed by atoms with Crippen LogP contribution in [-0.4, -0.2) is 20.9 Å². The van der Waals surface area contributed by atoms with E-state index in [0.717, 1.165) is 11.3 Å². The predicted octanol–water partition coefficient (Wildman–Crippen LogP) is -0.184. The number of hydrogen-bond acceptors (Lipinski definition) is 4. The van der Waals surface area contributed by atoms with Gasteiger partial charge in [0.05, 0.1) is 0 Å². The number of nitrogens with zero attached hydrogens (tertiary/aromatic N) is 3. The van der Waals surface area contributed by atoms with E-state index in [4.69, 9.17) is 0 Å². The van der Waals surface area contributed by atoms with Gasteiger partial charge in [-0.1, -0.05) is 11.8 Å². The molecule has 0 bridgehead atoms. The van der Waals surface area contributed by atoms with E-state index in [9.17, 15) is 4.79 Å². The standard InChI is InChI=1S/C6H9N3O2/c1-3-6-7-4-9(8-6)11-5(2)10/h4H,3H2,1-2H3. The van der Waals surface area contributed by atoms with E-state index in [0.29, 0.717) is 5.82 Å². The molecule has 5 nitrogen and oxygen atoms in total. The fourth-order valence-corrected chi connectivity index (χ4v) is 0.619. The average Bonchev–Trinajstić information content (AvgIpc) is 2.34. The van der Waals surface area contributed by atoms with E-state index in [-0.39, 0.29) is 0 Å². The molecule has 1 aromatic heterocycles. The Kier molecular flexibility index (Phi) is 2.20. The van der Waals surface area contributed by atoms with Crippen molar-refractivity contribution in [3.63, 3.8) is 0 Å². The highest BCUT2D eigenvalue weighted by Gasteiger charge is 1.99. The zero-order valence-electron chi connectivity index (χ0n) is 6.44. The van der Waals surface area contributed by atoms with Crippen LogP contribution in [0.25, 0.3) is 0 Å². The minimum absolute atomic E-state index is 0.405. The second kappa shape index (κ2) is 3.14. The first kappa shape index (κ1) is 7.71. The molecule has 0 fully saturated rings. The molecule has 0 aromatic carbocycles. The molecular weight excluding hydrogens is 146 g/mol. The summed E-state index contributed by atoms with van der Waals surface area (Å²) in [4.78, 5) is 19.9. The summed E-state index contributed by atoms with van der Waals surface area (Å²) >= 11 is 0. The molecule has 0 unspecified atom stereocenters. The fraction of sp³-hybridized carbons (Fsp3) is 0.500. The highest BCUT2D eigenvalue weighted by Crippen LogP contribution is 1.87. The van der Waals surface area contributed by atoms with Gasteiger partial charge in [-0.3, -0.25) is 0 Å². The van der Waals surface area contributed by atoms with Crippen molar-refractivity contribution in [2.24, 2.45) is 0 Å². The quantitative estimate of drug-likeness (QED) is 0.594. The molecule has 1 rings (SSSR count). The van der Waals surface area contributed by atoms with Crippen molar-refractivity contribution in [1.29, 1.82) is 0 Å². The molecule has 0 aliphatic rings. The minimum Gasteiger partial charge on any atom is -0.318 e. The minimum atomic E-state index is -0.405. The third-order valence-electron chi connectivity index (χ3n) is 1.06. The lowest BCUT2D eigenvalue weighted by molar-refractivity contribution is -0.143. The van der Waals surface area contributed by atoms with Gasteiger partial charge >= 0.3 is 5.97 Å². The zero-order chi connectivity index (χ0) is 8.27. The molecule has 5 heteroatoms. The Hall–Kier alpha value is -1.39. The van der Waals surface area contributed by atoms with Gasteiger partial charge in [0.15, 0.2) is 12.2 Å². The second-order valence-electron chi connectivity index (χ2n) is 2.00. The number of rotatable bonds is 2. The highest BCUT2D eigenvalue weighted by atomic mass is 16.7. The summed E-state index contributed by atoms with van der Waals surface area (Å²) in [7, 11) is 0. The van der Waals surface area contributed by atoms with Crippen LogP contribution in [0.5, 0.6) is 0 Å². The topological polar surface area (TPSA) is 57.0 Å². The molecule has 0 aliphatic heterocycles. The Bertz CT molecular complexity index is 256. The van der Waals surface area contributed by atoms with E-state index >= 15 is 0 Å². The van der Waals surface area contributed by atoms with E-state index < -0.39 is 5.97 Å². The SMILES string of the molecule is CCc1ncn(OC(C)=O)n1. The summed E-state index contributed by atoms with van der Waals surface area (Å²) in [5, 5.41) is 3.83. The molecule has 0 saturated heterocycles. The van der Waals surface area contributed by atoms with Crippen LogP contribution in [0, 0.1) is 0 Å². The van der Waals surface area contributed by atoms with Gasteiger partial charge < -0.3 is 4.84 Å². The van der Waals surface area contributed by atoms with E-state index in [1.165, 1.54) is 13.3 Å². The maximum Gasteiger partial charge on any atom is 0.331 e. The van der Waals surface area contributed by atoms with Crippen LogP contribution < -0.4 is 4.84 Å². The molecule has 0 atom stereocenters. The van der Waals surface area contributed by atoms with Crippen LogP contribution in [-0.2, 0) is 11.2 Å². The Balaban J connectivity index is 2.65. The van der Waals surface area contributed by atoms with Gasteiger partial charge in [0.2, 0.25) is 0 Å². The van der Waals surface area contributed by atoms with Gasteiger partial charge in [-0.05, 0) is 0 Å². The highest BCUT2D eigenvalue weighted by molar-refractivity contribution is 5.66. The number of carbonyl (C=O) groups excluding carboxylic acids is 1. The van der Waals surface area contributed by atoms with Crippen molar-refractivity contribution in [3.8, 4) is 0 Å². The molecular formula is C6H9N3O2. The number of aryl methyl sites for hydroxylation is 1. The summed E-state index contributed by atoms with van der Waals surface area (Å²) in [5.41, 5.74) is 0. The van der Waals surface area contributed by atoms with Crippen molar-refractivity contribution in [1.82, 2.24) is 14.9 Å². The third kappa shape index (κ3) is 2.03. The maximum atomic E-state index is 10.4. The van der Waals surface area contributed by atoms with Crippen LogP contribution in [0.1, 0.15) is 19.7 Å². The Morgan fingerprint density at radius 1 is 1.82 bits per heavy atom. The van der Waals surface area contributed by atoms with E-state index in [2.05, 4.69) is 14.9 Å². The first-order valence-electron chi connectivity index (χ1n) is 3.32. The molecule has 1 aromatic rings. The third-order valence-corrected chi connectivity index (χ3v) is 1.06. The molecule has 0 saturated carbocycles. The largest absolute Gasteiger partial charge is 0.331 e. The Labute approximate surface area is 63.9 Å². The lowest BCUT2D eigenvalue weighted by Gasteiger charge is -1.94. The Morgan fingerprint density at radius 2 is 2.55 bits per heavy atom. The van der Waals surface area contributed by atoms with Crippen molar-refractivity contribution in [3.05, 3.63) is 12.2 Å². The molecule has 0 spiro atoms. The lowest BCUT2D eigenvalue weighted by Crippen LogP contribution is -2.16. The van der Waals surface area contributed by atoms with Crippen molar-refractivity contribution >= 4 is 5.97 Å². The summed E-state index contributed by atoms with van der Waals surface area (Å²) in [6, 6.07) is 0. The molecule has 0 radical (unpaired) electrons. The predicted molar refractivity (Wildman–Crippen MR) is 36.7 cm³/mol. The van der Waals surface area contributed by atoms with Crippen LogP contribution in [0.15, 0.2) is 6.33 Å². The van der Waals surface area contributed by atoms with Gasteiger partial charge in [-0.2, -0.15) is 0 Å². The second-order valence-corrected chi connectivity index (χ2v) is 2.00. The molecule has 0 aliphatic carbocycles. The number of aromatic nitrogens is 3. The first-order chi connectivity index (χ1) is 5.22. The van der Waals surface area contributed by atoms with Gasteiger partial charge in [-0.15, -0.1) is 5.10 Å². The number of carbonyl (C=O) groups is 1. The van der Waals surface area contributed by atoms with Crippen LogP contribution in [0.4, 0.5) is 0 Å². The van der Waals surface area contributed by atoms with Crippen molar-refractivity contribution < 1.29 is 9.63 Å². The van der Waals surface area contributed by atoms with Gasteiger partial charge in [0.25, 0.3) is 0 Å². The lowest BCUT2D eigenvalue weighted by atomic mass is 10.5. The number of hydrogen-bond donors (Lipinski definition) is 0. The zero-order valence-corrected chi connectivity index (χ0v) is 6.44. The summed E-state index contributed by atoms with van der Waals surface area (Å²) in [5.74, 6) is 0.254. The first-order valence-corrected chi connectivity index (χ1v) is 3.32. The summed E-state index contributed by atoms with van der Waals surface area (Å²) in [6.45, 7) is 3.24. The summed E-state index contributed by atoms with van der Waals surface area (Å²) < 4.78 is 0. The molecule has 0 amide bonds. The maximum absolute atomic E-state index is 10.4. The van der Waals surface area contributed by atoms with E-state index in [1.807, 2.05) is 6.92 Å². The summed E-state index contributed by atoms with van der Waals surface area (Å²) in [6.07, 6.45) is 2.09. The smallest absolute Gasteiger partial charge is 0.318 e. The molecule has 0 N–H and O–H groups in total. The Morgan fingerprint density at radius 3 is 3.00 bits per heavy atom. The van der Waals surface area contributed by atoms with Crippen LogP contribution >= 0.6 is 0 Å². The normalized spacial score (nSPS) is 9.64. The van der Waals surface area contributed by atoms with Gasteiger partial charge in [0.1, 0.15) is 0 Å². The van der Waals surface area contributed by atoms with E-state index in [1.54, 1.807) is 0 Å². The average molecular weight is 155 g/mol. The van der Waals surface area contributed by atoms with Crippen LogP contribution in [0.3, 0.4) is 0 Å². The monoisotopic (exact) mass is 155 g/mol. The van der Waals surface area contributed by atoms with Gasteiger partial charge in [-0.25, -0.2) is 9.78 Å². The molecule has 1 heterocycles. The van der Waals surface area contributed by atoms with Crippen molar-refractivity contribution in [2.45, 2.75) is 20.3 Å².